The van der Waals surface area contributed by atoms with Gasteiger partial charge in [-0.15, -0.1) is 0 Å². The Hall–Kier alpha value is -3.26. The third-order valence-corrected chi connectivity index (χ3v) is 4.31. The molecule has 3 rings (SSSR count). The van der Waals surface area contributed by atoms with Gasteiger partial charge in [-0.25, -0.2) is 9.90 Å². The van der Waals surface area contributed by atoms with Gasteiger partial charge in [0.15, 0.2) is 0 Å². The van der Waals surface area contributed by atoms with Gasteiger partial charge in [0.05, 0.1) is 23.1 Å². The van der Waals surface area contributed by atoms with E-state index < -0.39 is 28.5 Å². The third kappa shape index (κ3) is 3.65. The van der Waals surface area contributed by atoms with Crippen molar-refractivity contribution in [2.75, 3.05) is 5.06 Å². The molecule has 1 aliphatic heterocycles. The second-order valence-electron chi connectivity index (χ2n) is 6.23. The van der Waals surface area contributed by atoms with Crippen LogP contribution in [-0.4, -0.2) is 22.5 Å². The molecule has 0 unspecified atom stereocenters. The summed E-state index contributed by atoms with van der Waals surface area (Å²) in [4.78, 5) is 40.4. The number of Topliss-reactive ketones (excluding diaryl/α,β-unsaturated/α-hetero) is 1. The zero-order valence-electron chi connectivity index (χ0n) is 14.8. The Bertz CT molecular complexity index is 885. The summed E-state index contributed by atoms with van der Waals surface area (Å²) in [5, 5.41) is 12.6. The van der Waals surface area contributed by atoms with Gasteiger partial charge in [-0.1, -0.05) is 30.3 Å². The molecule has 1 aliphatic rings. The number of benzene rings is 2. The first kappa shape index (κ1) is 18.5. The van der Waals surface area contributed by atoms with Crippen molar-refractivity contribution in [2.24, 2.45) is 0 Å². The van der Waals surface area contributed by atoms with Crippen LogP contribution in [-0.2, 0) is 19.2 Å². The van der Waals surface area contributed by atoms with E-state index in [1.807, 2.05) is 6.07 Å². The first-order valence-corrected chi connectivity index (χ1v) is 8.31. The third-order valence-electron chi connectivity index (χ3n) is 4.31. The Labute approximate surface area is 155 Å². The van der Waals surface area contributed by atoms with Gasteiger partial charge in [0, 0.05) is 26.0 Å². The Balaban J connectivity index is 2.08. The highest BCUT2D eigenvalue weighted by Gasteiger charge is 2.53. The van der Waals surface area contributed by atoms with E-state index in [1.165, 1.54) is 31.0 Å². The van der Waals surface area contributed by atoms with Crippen LogP contribution in [0.15, 0.2) is 54.6 Å². The molecule has 0 radical (unpaired) electrons. The minimum atomic E-state index is -1.78. The summed E-state index contributed by atoms with van der Waals surface area (Å²) in [6, 6.07) is 14.5. The maximum absolute atomic E-state index is 12.3. The zero-order valence-corrected chi connectivity index (χ0v) is 14.8. The fourth-order valence-electron chi connectivity index (χ4n) is 3.08. The maximum atomic E-state index is 12.3. The van der Waals surface area contributed by atoms with Crippen LogP contribution in [0.3, 0.4) is 0 Å². The second-order valence-corrected chi connectivity index (χ2v) is 6.23. The molecule has 8 nitrogen and oxygen atoms in total. The van der Waals surface area contributed by atoms with E-state index in [4.69, 9.17) is 9.57 Å². The minimum absolute atomic E-state index is 0.0119. The van der Waals surface area contributed by atoms with Crippen molar-refractivity contribution in [3.8, 4) is 0 Å². The molecule has 0 saturated carbocycles. The number of para-hydroxylation sites is 1. The van der Waals surface area contributed by atoms with E-state index in [0.717, 1.165) is 0 Å². The average molecular weight is 370 g/mol. The predicted molar refractivity (Wildman–Crippen MR) is 95.6 cm³/mol. The number of carbonyl (C=O) groups excluding carboxylic acids is 2. The lowest BCUT2D eigenvalue weighted by molar-refractivity contribution is -0.384. The molecular weight excluding hydrogens is 352 g/mol. The number of nitro groups is 1. The lowest BCUT2D eigenvalue weighted by atomic mass is 9.97. The van der Waals surface area contributed by atoms with Crippen LogP contribution in [0, 0.1) is 10.1 Å². The fourth-order valence-corrected chi connectivity index (χ4v) is 3.08. The van der Waals surface area contributed by atoms with Crippen LogP contribution in [0.5, 0.6) is 0 Å². The molecule has 0 aromatic heterocycles. The lowest BCUT2D eigenvalue weighted by Gasteiger charge is -2.27. The van der Waals surface area contributed by atoms with Crippen LogP contribution in [0.1, 0.15) is 31.9 Å². The van der Waals surface area contributed by atoms with Gasteiger partial charge in [-0.2, -0.15) is 0 Å². The number of anilines is 1. The summed E-state index contributed by atoms with van der Waals surface area (Å²) in [5.74, 6) is -2.90. The Kier molecular flexibility index (Phi) is 4.91. The van der Waals surface area contributed by atoms with Crippen molar-refractivity contribution >= 4 is 23.1 Å². The number of hydroxylamine groups is 1. The molecule has 0 aliphatic carbocycles. The summed E-state index contributed by atoms with van der Waals surface area (Å²) < 4.78 is 5.26. The van der Waals surface area contributed by atoms with Gasteiger partial charge < -0.3 is 4.74 Å². The number of nitrogens with zero attached hydrogens (tertiary/aromatic N) is 2. The van der Waals surface area contributed by atoms with Gasteiger partial charge >= 0.3 is 5.97 Å². The number of non-ortho nitro benzene ring substituents is 1. The van der Waals surface area contributed by atoms with E-state index in [2.05, 4.69) is 0 Å². The topological polar surface area (TPSA) is 99.0 Å². The first-order chi connectivity index (χ1) is 12.8. The van der Waals surface area contributed by atoms with Crippen molar-refractivity contribution in [3.63, 3.8) is 0 Å². The molecular formula is C19H18N2O6. The van der Waals surface area contributed by atoms with E-state index >= 15 is 0 Å². The van der Waals surface area contributed by atoms with Gasteiger partial charge in [-0.05, 0) is 17.7 Å². The Morgan fingerprint density at radius 3 is 2.48 bits per heavy atom. The molecule has 0 N–H and O–H groups in total. The summed E-state index contributed by atoms with van der Waals surface area (Å²) in [6.45, 7) is 2.48. The summed E-state index contributed by atoms with van der Waals surface area (Å²) in [5.41, 5.74) is 1.13. The Morgan fingerprint density at radius 1 is 1.19 bits per heavy atom. The fraction of sp³-hybridized carbons (Fsp3) is 0.263. The normalized spacial score (nSPS) is 21.7. The number of rotatable bonds is 5. The highest BCUT2D eigenvalue weighted by molar-refractivity contribution is 5.86. The van der Waals surface area contributed by atoms with Crippen LogP contribution in [0.2, 0.25) is 0 Å². The minimum Gasteiger partial charge on any atom is -0.423 e. The van der Waals surface area contributed by atoms with Crippen molar-refractivity contribution in [2.45, 2.75) is 32.1 Å². The summed E-state index contributed by atoms with van der Waals surface area (Å²) in [7, 11) is 0. The van der Waals surface area contributed by atoms with Gasteiger partial charge in [0.2, 0.25) is 5.78 Å². The van der Waals surface area contributed by atoms with Crippen LogP contribution in [0.4, 0.5) is 11.4 Å². The van der Waals surface area contributed by atoms with Crippen LogP contribution < -0.4 is 5.06 Å². The maximum Gasteiger partial charge on any atom is 0.305 e. The predicted octanol–water partition coefficient (Wildman–Crippen LogP) is 3.33. The molecule has 1 heterocycles. The largest absolute Gasteiger partial charge is 0.423 e. The number of esters is 1. The molecule has 140 valence electrons. The van der Waals surface area contributed by atoms with Crippen molar-refractivity contribution in [1.82, 2.24) is 0 Å². The number of hydrogen-bond donors (Lipinski definition) is 0. The molecule has 0 bridgehead atoms. The number of ketones is 1. The zero-order chi connectivity index (χ0) is 19.6. The molecule has 1 fully saturated rings. The smallest absolute Gasteiger partial charge is 0.305 e. The van der Waals surface area contributed by atoms with Crippen molar-refractivity contribution < 1.29 is 24.1 Å². The molecule has 8 heteroatoms. The number of hydrogen-bond acceptors (Lipinski definition) is 7. The standard InChI is InChI=1S/C19H18N2O6/c1-13(22)19(26-14(2)23)12-18(15-7-6-10-17(11-15)21(24)25)20(27-19)16-8-4-3-5-9-16/h3-11,18H,12H2,1-2H3/t18-,19-/m1/s1. The van der Waals surface area contributed by atoms with Crippen LogP contribution >= 0.6 is 0 Å². The van der Waals surface area contributed by atoms with Gasteiger partial charge in [0.1, 0.15) is 0 Å². The van der Waals surface area contributed by atoms with E-state index in [-0.39, 0.29) is 12.1 Å². The summed E-state index contributed by atoms with van der Waals surface area (Å²) in [6.07, 6.45) is 0.0119. The van der Waals surface area contributed by atoms with Gasteiger partial charge in [0.25, 0.3) is 11.5 Å². The molecule has 0 amide bonds. The first-order valence-electron chi connectivity index (χ1n) is 8.31. The molecule has 0 spiro atoms. The Morgan fingerprint density at radius 2 is 1.89 bits per heavy atom. The van der Waals surface area contributed by atoms with Crippen molar-refractivity contribution in [1.29, 1.82) is 0 Å². The SMILES string of the molecule is CC(=O)O[C@]1(C(C)=O)C[C@H](c2cccc([N+](=O)[O-])c2)N(c2ccccc2)O1. The van der Waals surface area contributed by atoms with Gasteiger partial charge in [-0.3, -0.25) is 19.7 Å². The number of ether oxygens (including phenoxy) is 1. The monoisotopic (exact) mass is 370 g/mol. The van der Waals surface area contributed by atoms with Crippen LogP contribution in [0.25, 0.3) is 0 Å². The van der Waals surface area contributed by atoms with E-state index in [1.54, 1.807) is 36.4 Å². The average Bonchev–Trinajstić information content (AvgIpc) is 3.03. The lowest BCUT2D eigenvalue weighted by Crippen LogP contribution is -2.42. The van der Waals surface area contributed by atoms with E-state index in [0.29, 0.717) is 11.3 Å². The molecule has 2 aromatic carbocycles. The highest BCUT2D eigenvalue weighted by Crippen LogP contribution is 2.44. The molecule has 2 aromatic rings. The van der Waals surface area contributed by atoms with E-state index in [9.17, 15) is 19.7 Å². The molecule has 27 heavy (non-hydrogen) atoms. The van der Waals surface area contributed by atoms with Crippen molar-refractivity contribution in [3.05, 3.63) is 70.3 Å². The molecule has 2 atom stereocenters. The molecule has 1 saturated heterocycles. The second kappa shape index (κ2) is 7.16. The number of carbonyl (C=O) groups is 2. The number of nitro benzene ring substituents is 1. The summed E-state index contributed by atoms with van der Waals surface area (Å²) >= 11 is 0. The quantitative estimate of drug-likeness (QED) is 0.452. The highest BCUT2D eigenvalue weighted by atomic mass is 16.8.